The van der Waals surface area contributed by atoms with Crippen molar-refractivity contribution in [1.82, 2.24) is 10.3 Å². The maximum atomic E-state index is 15.5. The van der Waals surface area contributed by atoms with E-state index in [-0.39, 0.29) is 98.4 Å². The molecule has 2 saturated carbocycles. The van der Waals surface area contributed by atoms with Gasteiger partial charge in [0.1, 0.15) is 47.2 Å². The molecule has 4 N–H and O–H groups in total. The van der Waals surface area contributed by atoms with Crippen molar-refractivity contribution in [3.05, 3.63) is 33.7 Å². The van der Waals surface area contributed by atoms with Gasteiger partial charge < -0.3 is 34.9 Å². The maximum Gasteiger partial charge on any atom is 0.342 e. The Morgan fingerprint density at radius 2 is 1.14 bits per heavy atom. The van der Waals surface area contributed by atoms with Crippen molar-refractivity contribution in [1.29, 1.82) is 0 Å². The van der Waals surface area contributed by atoms with E-state index in [0.29, 0.717) is 59.4 Å². The lowest BCUT2D eigenvalue weighted by Gasteiger charge is -2.50. The summed E-state index contributed by atoms with van der Waals surface area (Å²) in [6, 6.07) is 0. The van der Waals surface area contributed by atoms with Gasteiger partial charge in [0, 0.05) is 35.1 Å². The molecule has 0 saturated heterocycles. The largest absolute Gasteiger partial charge is 0.464 e. The molecule has 0 radical (unpaired) electrons. The standard InChI is InChI=1S/C64H106N4O9S/c1-25-63(21,22)58(73)75-26-27-78-39(8)54(69)67-52-48(55(70)76-50-42(59(9,10)11)30-37(6)31-43(50)60(12,13)14)40(28-35(2)3)46(65-52)34-47-41(29-36(4)5)49(53(66-47)68-57(72)64(23,24)74)56(71)77-51-44(61(15,16)17)32-38(7)33-45(51)62(18,19)20/h34-39,42-45,50-51,65,74H,25-33H2,1-24H3,(H,67,69)(H,66,68,72). The molecule has 1 aliphatic heterocycles. The number of rotatable bonds is 18. The summed E-state index contributed by atoms with van der Waals surface area (Å²) in [7, 11) is 0. The van der Waals surface area contributed by atoms with Crippen LogP contribution in [0.25, 0.3) is 6.08 Å². The fourth-order valence-corrected chi connectivity index (χ4v) is 12.4. The number of nitrogens with zero attached hydrogens (tertiary/aromatic N) is 1. The first-order valence-electron chi connectivity index (χ1n) is 29.3. The predicted molar refractivity (Wildman–Crippen MR) is 319 cm³/mol. The number of allylic oxidation sites excluding steroid dienone is 1. The molecule has 1 aromatic rings. The number of amidine groups is 1. The Morgan fingerprint density at radius 1 is 0.692 bits per heavy atom. The van der Waals surface area contributed by atoms with Crippen molar-refractivity contribution >= 4 is 59.2 Å². The summed E-state index contributed by atoms with van der Waals surface area (Å²) >= 11 is 1.34. The minimum Gasteiger partial charge on any atom is -0.464 e. The normalized spacial score (nSPS) is 24.8. The zero-order valence-electron chi connectivity index (χ0n) is 52.9. The molecule has 5 unspecified atom stereocenters. The first-order valence-corrected chi connectivity index (χ1v) is 30.4. The number of carbonyl (C=O) groups is 5. The molecule has 4 rings (SSSR count). The van der Waals surface area contributed by atoms with Gasteiger partial charge in [-0.2, -0.15) is 0 Å². The number of ether oxygens (including phenoxy) is 3. The SMILES string of the molecule is CCC(C)(C)C(=O)OCCSC(C)C(=O)Nc1[nH]c(C=C2N=C(NC(=O)C(C)(C)O)C(C(=O)OC3C(C(C)(C)C)CC(C)CC3C(C)(C)C)=C2CC(C)C)c(CC(C)C)c1C(=O)OC1C(C(C)(C)C)CC(C)CC1C(C)(C)C. The molecule has 2 heterocycles. The average molecular weight is 1110 g/mol. The van der Waals surface area contributed by atoms with E-state index in [1.807, 2.05) is 34.6 Å². The van der Waals surface area contributed by atoms with E-state index in [9.17, 15) is 19.5 Å². The Morgan fingerprint density at radius 3 is 1.55 bits per heavy atom. The van der Waals surface area contributed by atoms with Gasteiger partial charge in [-0.3, -0.25) is 14.4 Å². The van der Waals surface area contributed by atoms with Gasteiger partial charge in [0.05, 0.1) is 16.4 Å². The smallest absolute Gasteiger partial charge is 0.342 e. The van der Waals surface area contributed by atoms with Crippen LogP contribution in [0.3, 0.4) is 0 Å². The molecule has 5 atom stereocenters. The van der Waals surface area contributed by atoms with Crippen LogP contribution in [0.1, 0.15) is 226 Å². The van der Waals surface area contributed by atoms with Gasteiger partial charge >= 0.3 is 17.9 Å². The highest BCUT2D eigenvalue weighted by Gasteiger charge is 2.51. The fourth-order valence-electron chi connectivity index (χ4n) is 11.7. The summed E-state index contributed by atoms with van der Waals surface area (Å²) in [5, 5.41) is 16.3. The number of nitrogens with one attached hydrogen (secondary N) is 3. The molecule has 13 nitrogen and oxygen atoms in total. The van der Waals surface area contributed by atoms with E-state index in [1.165, 1.54) is 25.6 Å². The maximum absolute atomic E-state index is 15.5. The van der Waals surface area contributed by atoms with Crippen molar-refractivity contribution < 1.29 is 43.3 Å². The highest BCUT2D eigenvalue weighted by molar-refractivity contribution is 8.00. The number of aromatic amines is 1. The molecule has 2 fully saturated rings. The van der Waals surface area contributed by atoms with Gasteiger partial charge in [-0.15, -0.1) is 11.8 Å². The van der Waals surface area contributed by atoms with Gasteiger partial charge in [0.25, 0.3) is 5.91 Å². The minimum atomic E-state index is -1.82. The number of H-pyrrole nitrogens is 1. The zero-order chi connectivity index (χ0) is 59.6. The van der Waals surface area contributed by atoms with Crippen LogP contribution in [0.4, 0.5) is 5.82 Å². The van der Waals surface area contributed by atoms with E-state index < -0.39 is 46.3 Å². The summed E-state index contributed by atoms with van der Waals surface area (Å²) in [5.74, 6) is -0.924. The second-order valence-electron chi connectivity index (χ2n) is 30.0. The van der Waals surface area contributed by atoms with E-state index >= 15 is 9.59 Å². The van der Waals surface area contributed by atoms with Crippen LogP contribution in [0, 0.1) is 74.4 Å². The van der Waals surface area contributed by atoms with Crippen LogP contribution in [-0.4, -0.2) is 81.1 Å². The van der Waals surface area contributed by atoms with Crippen LogP contribution in [-0.2, 0) is 39.8 Å². The zero-order valence-corrected chi connectivity index (χ0v) is 53.7. The highest BCUT2D eigenvalue weighted by atomic mass is 32.2. The minimum absolute atomic E-state index is 0.00968. The Labute approximate surface area is 475 Å². The topological polar surface area (TPSA) is 185 Å². The Kier molecular flexibility index (Phi) is 21.8. The van der Waals surface area contributed by atoms with Gasteiger partial charge in [0.15, 0.2) is 0 Å². The Hall–Kier alpha value is -3.91. The summed E-state index contributed by atoms with van der Waals surface area (Å²) < 4.78 is 19.4. The third-order valence-corrected chi connectivity index (χ3v) is 17.9. The summed E-state index contributed by atoms with van der Waals surface area (Å²) in [6.45, 7) is 49.6. The number of hydrogen-bond acceptors (Lipinski definition) is 11. The van der Waals surface area contributed by atoms with E-state index in [1.54, 1.807) is 13.0 Å². The molecule has 3 aliphatic rings. The third kappa shape index (κ3) is 17.1. The molecule has 2 aliphatic carbocycles. The molecule has 0 aromatic carbocycles. The number of anilines is 1. The monoisotopic (exact) mass is 1110 g/mol. The number of aliphatic hydroxyl groups is 1. The first-order chi connectivity index (χ1) is 35.5. The number of thioether (sulfide) groups is 1. The molecular weight excluding hydrogens is 1000 g/mol. The summed E-state index contributed by atoms with van der Waals surface area (Å²) in [6.07, 6.45) is 5.93. The summed E-state index contributed by atoms with van der Waals surface area (Å²) in [5.41, 5.74) is -0.822. The Balaban J connectivity index is 2.01. The average Bonchev–Trinajstić information content (AvgIpc) is 3.78. The van der Waals surface area contributed by atoms with Crippen LogP contribution in [0.5, 0.6) is 0 Å². The number of aliphatic imine (C=N–C) groups is 1. The predicted octanol–water partition coefficient (Wildman–Crippen LogP) is 14.2. The third-order valence-electron chi connectivity index (χ3n) is 16.8. The molecule has 0 spiro atoms. The molecular formula is C64H106N4O9S. The fraction of sp³-hybridized carbons (Fsp3) is 0.781. The van der Waals surface area contributed by atoms with Gasteiger partial charge in [-0.25, -0.2) is 14.6 Å². The molecule has 0 bridgehead atoms. The quantitative estimate of drug-likeness (QED) is 0.0626. The van der Waals surface area contributed by atoms with Gasteiger partial charge in [-0.05, 0) is 142 Å². The van der Waals surface area contributed by atoms with Crippen molar-refractivity contribution in [2.24, 2.45) is 79.4 Å². The second-order valence-corrected chi connectivity index (χ2v) is 31.4. The highest BCUT2D eigenvalue weighted by Crippen LogP contribution is 2.52. The first kappa shape index (κ1) is 66.6. The molecule has 1 aromatic heterocycles. The number of esters is 3. The van der Waals surface area contributed by atoms with Crippen molar-refractivity contribution in [3.63, 3.8) is 0 Å². The van der Waals surface area contributed by atoms with Crippen LogP contribution >= 0.6 is 11.8 Å². The Bertz CT molecular complexity index is 2360. The van der Waals surface area contributed by atoms with E-state index in [2.05, 4.69) is 126 Å². The van der Waals surface area contributed by atoms with E-state index in [4.69, 9.17) is 19.2 Å². The molecule has 78 heavy (non-hydrogen) atoms. The van der Waals surface area contributed by atoms with Gasteiger partial charge in [0.2, 0.25) is 5.91 Å². The number of carbonyl (C=O) groups excluding carboxylic acids is 5. The number of hydrogen-bond donors (Lipinski definition) is 4. The molecule has 14 heteroatoms. The lowest BCUT2D eigenvalue weighted by Crippen LogP contribution is -2.50. The lowest BCUT2D eigenvalue weighted by atomic mass is 9.59. The molecule has 442 valence electrons. The summed E-state index contributed by atoms with van der Waals surface area (Å²) in [4.78, 5) is 80.4. The molecule has 2 amide bonds. The van der Waals surface area contributed by atoms with Crippen molar-refractivity contribution in [2.75, 3.05) is 17.7 Å². The van der Waals surface area contributed by atoms with Gasteiger partial charge in [-0.1, -0.05) is 132 Å². The van der Waals surface area contributed by atoms with Crippen LogP contribution < -0.4 is 10.6 Å². The second kappa shape index (κ2) is 25.5. The van der Waals surface area contributed by atoms with Crippen LogP contribution in [0.15, 0.2) is 21.8 Å². The van der Waals surface area contributed by atoms with E-state index in [0.717, 1.165) is 25.7 Å². The van der Waals surface area contributed by atoms with Crippen LogP contribution in [0.2, 0.25) is 0 Å². The number of amides is 2. The van der Waals surface area contributed by atoms with Crippen molar-refractivity contribution in [3.8, 4) is 0 Å². The number of aromatic nitrogens is 1. The lowest BCUT2D eigenvalue weighted by molar-refractivity contribution is -0.164. The van der Waals surface area contributed by atoms with Crippen molar-refractivity contribution in [2.45, 2.75) is 234 Å².